The molecule has 146 valence electrons. The third-order valence-corrected chi connectivity index (χ3v) is 6.91. The maximum atomic E-state index is 12.4. The number of piperazine rings is 1. The Balaban J connectivity index is 1.48. The summed E-state index contributed by atoms with van der Waals surface area (Å²) in [5.74, 6) is -0.949. The molecule has 0 aromatic heterocycles. The van der Waals surface area contributed by atoms with Crippen LogP contribution in [0.25, 0.3) is 0 Å². The third-order valence-electron chi connectivity index (χ3n) is 6.91. The highest BCUT2D eigenvalue weighted by atomic mass is 16.4. The van der Waals surface area contributed by atoms with Crippen molar-refractivity contribution in [3.05, 3.63) is 35.4 Å². The van der Waals surface area contributed by atoms with E-state index in [4.69, 9.17) is 5.11 Å². The number of benzene rings is 1. The van der Waals surface area contributed by atoms with Gasteiger partial charge in [0, 0.05) is 44.2 Å². The molecule has 0 unspecified atom stereocenters. The zero-order chi connectivity index (χ0) is 19.0. The van der Waals surface area contributed by atoms with Crippen LogP contribution in [0.3, 0.4) is 0 Å². The normalized spacial score (nSPS) is 27.7. The van der Waals surface area contributed by atoms with Gasteiger partial charge < -0.3 is 10.0 Å². The van der Waals surface area contributed by atoms with Crippen LogP contribution in [0.4, 0.5) is 0 Å². The SMILES string of the molecule is CN1CCN(C2Cc3ccccc3C2)C[C@@]12CCC(=O)N(CC(=O)O)CC2. The maximum absolute atomic E-state index is 12.4. The first-order chi connectivity index (χ1) is 13.0. The highest BCUT2D eigenvalue weighted by Gasteiger charge is 2.44. The lowest BCUT2D eigenvalue weighted by Gasteiger charge is -2.51. The zero-order valence-corrected chi connectivity index (χ0v) is 16.1. The van der Waals surface area contributed by atoms with Crippen LogP contribution in [0.1, 0.15) is 30.4 Å². The number of fused-ring (bicyclic) bond motifs is 1. The van der Waals surface area contributed by atoms with Gasteiger partial charge in [-0.05, 0) is 43.9 Å². The van der Waals surface area contributed by atoms with Gasteiger partial charge in [0.05, 0.1) is 0 Å². The molecule has 1 aromatic rings. The van der Waals surface area contributed by atoms with Gasteiger partial charge in [-0.2, -0.15) is 0 Å². The van der Waals surface area contributed by atoms with Crippen molar-refractivity contribution in [2.75, 3.05) is 39.8 Å². The molecule has 1 aromatic carbocycles. The molecule has 0 saturated carbocycles. The molecular weight excluding hydrogens is 342 g/mol. The van der Waals surface area contributed by atoms with Crippen LogP contribution in [0, 0.1) is 0 Å². The number of likely N-dealkylation sites (N-methyl/N-ethyl adjacent to an activating group) is 1. The van der Waals surface area contributed by atoms with Crippen molar-refractivity contribution in [3.8, 4) is 0 Å². The summed E-state index contributed by atoms with van der Waals surface area (Å²) in [5.41, 5.74) is 2.91. The summed E-state index contributed by atoms with van der Waals surface area (Å²) < 4.78 is 0. The molecule has 1 amide bonds. The van der Waals surface area contributed by atoms with Crippen LogP contribution >= 0.6 is 0 Å². The van der Waals surface area contributed by atoms with E-state index < -0.39 is 5.97 Å². The highest BCUT2D eigenvalue weighted by Crippen LogP contribution is 2.35. The molecule has 2 heterocycles. The second-order valence-electron chi connectivity index (χ2n) is 8.41. The molecule has 2 fully saturated rings. The van der Waals surface area contributed by atoms with Crippen molar-refractivity contribution in [1.29, 1.82) is 0 Å². The molecule has 6 heteroatoms. The fourth-order valence-corrected chi connectivity index (χ4v) is 5.16. The number of amides is 1. The van der Waals surface area contributed by atoms with Gasteiger partial charge in [-0.3, -0.25) is 19.4 Å². The van der Waals surface area contributed by atoms with Gasteiger partial charge in [0.1, 0.15) is 6.54 Å². The number of hydrogen-bond acceptors (Lipinski definition) is 4. The van der Waals surface area contributed by atoms with Crippen LogP contribution in [0.15, 0.2) is 24.3 Å². The van der Waals surface area contributed by atoms with E-state index in [0.29, 0.717) is 19.0 Å². The number of aliphatic carboxylic acids is 1. The molecule has 2 aliphatic heterocycles. The van der Waals surface area contributed by atoms with E-state index in [1.165, 1.54) is 16.0 Å². The average molecular weight is 371 g/mol. The Morgan fingerprint density at radius 3 is 2.52 bits per heavy atom. The first kappa shape index (κ1) is 18.4. The van der Waals surface area contributed by atoms with Crippen LogP contribution in [0.5, 0.6) is 0 Å². The molecule has 6 nitrogen and oxygen atoms in total. The van der Waals surface area contributed by atoms with Gasteiger partial charge in [0.2, 0.25) is 5.91 Å². The first-order valence-electron chi connectivity index (χ1n) is 9.98. The third kappa shape index (κ3) is 3.60. The van der Waals surface area contributed by atoms with Gasteiger partial charge >= 0.3 is 5.97 Å². The summed E-state index contributed by atoms with van der Waals surface area (Å²) in [6, 6.07) is 9.29. The number of nitrogens with zero attached hydrogens (tertiary/aromatic N) is 3. The number of carbonyl (C=O) groups is 2. The van der Waals surface area contributed by atoms with E-state index in [2.05, 4.69) is 41.1 Å². The molecule has 0 radical (unpaired) electrons. The Morgan fingerprint density at radius 2 is 1.85 bits per heavy atom. The molecule has 27 heavy (non-hydrogen) atoms. The van der Waals surface area contributed by atoms with E-state index in [1.54, 1.807) is 0 Å². The summed E-state index contributed by atoms with van der Waals surface area (Å²) in [5, 5.41) is 9.09. The van der Waals surface area contributed by atoms with Crippen molar-refractivity contribution >= 4 is 11.9 Å². The minimum atomic E-state index is -0.929. The van der Waals surface area contributed by atoms with Crippen molar-refractivity contribution in [3.63, 3.8) is 0 Å². The van der Waals surface area contributed by atoms with E-state index in [0.717, 1.165) is 45.3 Å². The molecule has 1 aliphatic carbocycles. The second-order valence-corrected chi connectivity index (χ2v) is 8.41. The summed E-state index contributed by atoms with van der Waals surface area (Å²) in [7, 11) is 2.16. The summed E-state index contributed by atoms with van der Waals surface area (Å²) in [4.78, 5) is 30.0. The highest BCUT2D eigenvalue weighted by molar-refractivity contribution is 5.81. The van der Waals surface area contributed by atoms with E-state index in [-0.39, 0.29) is 18.0 Å². The van der Waals surface area contributed by atoms with Gasteiger partial charge in [-0.15, -0.1) is 0 Å². The lowest BCUT2D eigenvalue weighted by molar-refractivity contribution is -0.144. The van der Waals surface area contributed by atoms with Gasteiger partial charge in [-0.1, -0.05) is 24.3 Å². The van der Waals surface area contributed by atoms with Gasteiger partial charge in [0.15, 0.2) is 0 Å². The second kappa shape index (κ2) is 7.24. The monoisotopic (exact) mass is 371 g/mol. The van der Waals surface area contributed by atoms with Crippen molar-refractivity contribution in [1.82, 2.24) is 14.7 Å². The molecule has 4 rings (SSSR count). The van der Waals surface area contributed by atoms with Crippen LogP contribution in [-0.4, -0.2) is 83.0 Å². The molecule has 0 bridgehead atoms. The number of likely N-dealkylation sites (tertiary alicyclic amines) is 1. The van der Waals surface area contributed by atoms with Crippen LogP contribution < -0.4 is 0 Å². The van der Waals surface area contributed by atoms with E-state index >= 15 is 0 Å². The smallest absolute Gasteiger partial charge is 0.323 e. The number of carboxylic acids is 1. The van der Waals surface area contributed by atoms with Crippen LogP contribution in [-0.2, 0) is 22.4 Å². The van der Waals surface area contributed by atoms with E-state index in [9.17, 15) is 9.59 Å². The molecule has 1 N–H and O–H groups in total. The fraction of sp³-hybridized carbons (Fsp3) is 0.619. The first-order valence-corrected chi connectivity index (χ1v) is 9.98. The maximum Gasteiger partial charge on any atom is 0.323 e. The minimum Gasteiger partial charge on any atom is -0.480 e. The summed E-state index contributed by atoms with van der Waals surface area (Å²) in [6.07, 6.45) is 4.32. The summed E-state index contributed by atoms with van der Waals surface area (Å²) >= 11 is 0. The minimum absolute atomic E-state index is 0.0203. The quantitative estimate of drug-likeness (QED) is 0.866. The Labute approximate surface area is 160 Å². The molecule has 1 atom stereocenters. The average Bonchev–Trinajstić information content (AvgIpc) is 3.02. The van der Waals surface area contributed by atoms with Crippen molar-refractivity contribution < 1.29 is 14.7 Å². The Kier molecular flexibility index (Phi) is 4.95. The van der Waals surface area contributed by atoms with Crippen molar-refractivity contribution in [2.45, 2.75) is 43.7 Å². The molecular formula is C21H29N3O3. The number of carboxylic acid groups (broad SMARTS) is 1. The molecule has 3 aliphatic rings. The molecule has 1 spiro atoms. The van der Waals surface area contributed by atoms with Crippen LogP contribution in [0.2, 0.25) is 0 Å². The largest absolute Gasteiger partial charge is 0.480 e. The Morgan fingerprint density at radius 1 is 1.15 bits per heavy atom. The fourth-order valence-electron chi connectivity index (χ4n) is 5.16. The summed E-state index contributed by atoms with van der Waals surface area (Å²) in [6.45, 7) is 3.38. The zero-order valence-electron chi connectivity index (χ0n) is 16.1. The standard InChI is InChI=1S/C21H29N3O3/c1-22-10-11-24(18-12-16-4-2-3-5-17(16)13-18)15-21(22)7-6-19(25)23(9-8-21)14-20(26)27/h2-5,18H,6-15H2,1H3,(H,26,27)/t21-/m0/s1. The number of carbonyl (C=O) groups excluding carboxylic acids is 1. The predicted octanol–water partition coefficient (Wildman–Crippen LogP) is 1.24. The van der Waals surface area contributed by atoms with Gasteiger partial charge in [-0.25, -0.2) is 0 Å². The lowest BCUT2D eigenvalue weighted by Crippen LogP contribution is -2.63. The lowest BCUT2D eigenvalue weighted by atomic mass is 9.85. The Bertz CT molecular complexity index is 712. The molecule has 2 saturated heterocycles. The Hall–Kier alpha value is -1.92. The van der Waals surface area contributed by atoms with E-state index in [1.807, 2.05) is 0 Å². The topological polar surface area (TPSA) is 64.1 Å². The number of hydrogen-bond donors (Lipinski definition) is 1. The number of rotatable bonds is 3. The predicted molar refractivity (Wildman–Crippen MR) is 103 cm³/mol. The van der Waals surface area contributed by atoms with Crippen molar-refractivity contribution in [2.24, 2.45) is 0 Å². The van der Waals surface area contributed by atoms with Gasteiger partial charge in [0.25, 0.3) is 0 Å².